The Kier molecular flexibility index (Phi) is 4.28. The van der Waals surface area contributed by atoms with Gasteiger partial charge in [0.1, 0.15) is 0 Å². The summed E-state index contributed by atoms with van der Waals surface area (Å²) in [5.41, 5.74) is 1.54. The topological polar surface area (TPSA) is 68.8 Å². The van der Waals surface area contributed by atoms with Crippen LogP contribution < -0.4 is 0 Å². The van der Waals surface area contributed by atoms with E-state index in [-0.39, 0.29) is 11.9 Å². The predicted molar refractivity (Wildman–Crippen MR) is 91.9 cm³/mol. The van der Waals surface area contributed by atoms with Gasteiger partial charge in [-0.2, -0.15) is 0 Å². The van der Waals surface area contributed by atoms with Crippen LogP contribution in [0.5, 0.6) is 0 Å². The van der Waals surface area contributed by atoms with E-state index in [1.165, 1.54) is 0 Å². The van der Waals surface area contributed by atoms with E-state index in [9.17, 15) is 4.79 Å². The van der Waals surface area contributed by atoms with Crippen LogP contribution in [-0.4, -0.2) is 47.9 Å². The summed E-state index contributed by atoms with van der Waals surface area (Å²) in [6, 6.07) is 10.2. The summed E-state index contributed by atoms with van der Waals surface area (Å²) < 4.78 is 3.73. The van der Waals surface area contributed by atoms with Gasteiger partial charge in [-0.15, -0.1) is 5.10 Å². The van der Waals surface area contributed by atoms with Gasteiger partial charge in [0.15, 0.2) is 5.69 Å². The number of amides is 1. The minimum absolute atomic E-state index is 0.0399. The highest BCUT2D eigenvalue weighted by Gasteiger charge is 2.31. The lowest BCUT2D eigenvalue weighted by atomic mass is 10.2. The van der Waals surface area contributed by atoms with E-state index in [4.69, 9.17) is 0 Å². The summed E-state index contributed by atoms with van der Waals surface area (Å²) in [5.74, 6) is -0.0399. The van der Waals surface area contributed by atoms with Crippen LogP contribution in [0.1, 0.15) is 28.9 Å². The molecule has 1 aromatic carbocycles. The SMILES string of the molecule is O=C(c1cn(Cc2ccccc2)nn1)N1CCCC1Cn1ccnc1. The molecule has 25 heavy (non-hydrogen) atoms. The first-order valence-electron chi connectivity index (χ1n) is 8.50. The highest BCUT2D eigenvalue weighted by molar-refractivity contribution is 5.92. The lowest BCUT2D eigenvalue weighted by Gasteiger charge is -2.24. The van der Waals surface area contributed by atoms with E-state index in [1.54, 1.807) is 23.4 Å². The molecule has 7 heteroatoms. The molecule has 1 aliphatic heterocycles. The van der Waals surface area contributed by atoms with Gasteiger partial charge < -0.3 is 9.47 Å². The first-order valence-corrected chi connectivity index (χ1v) is 8.50. The molecule has 0 radical (unpaired) electrons. The Hall–Kier alpha value is -2.96. The number of carbonyl (C=O) groups is 1. The van der Waals surface area contributed by atoms with Gasteiger partial charge in [0, 0.05) is 25.5 Å². The first kappa shape index (κ1) is 15.6. The molecule has 0 N–H and O–H groups in total. The molecule has 0 spiro atoms. The summed E-state index contributed by atoms with van der Waals surface area (Å²) in [5, 5.41) is 8.20. The van der Waals surface area contributed by atoms with E-state index in [2.05, 4.69) is 15.3 Å². The Labute approximate surface area is 145 Å². The number of benzene rings is 1. The van der Waals surface area contributed by atoms with Crippen molar-refractivity contribution in [1.82, 2.24) is 29.4 Å². The van der Waals surface area contributed by atoms with Crippen molar-refractivity contribution in [3.05, 3.63) is 66.5 Å². The fourth-order valence-electron chi connectivity index (χ4n) is 3.32. The molecule has 1 amide bonds. The molecule has 0 bridgehead atoms. The van der Waals surface area contributed by atoms with Crippen molar-refractivity contribution in [2.45, 2.75) is 32.0 Å². The Morgan fingerprint density at radius 1 is 1.24 bits per heavy atom. The molecular weight excluding hydrogens is 316 g/mol. The van der Waals surface area contributed by atoms with Crippen LogP contribution in [0.25, 0.3) is 0 Å². The van der Waals surface area contributed by atoms with Crippen molar-refractivity contribution in [3.63, 3.8) is 0 Å². The molecule has 1 unspecified atom stereocenters. The normalized spacial score (nSPS) is 17.1. The van der Waals surface area contributed by atoms with Gasteiger partial charge in [0.25, 0.3) is 5.91 Å². The standard InChI is InChI=1S/C18H20N6O/c25-18(24-9-4-7-16(24)12-22-10-8-19-14-22)17-13-23(21-20-17)11-15-5-2-1-3-6-15/h1-3,5-6,8,10,13-14,16H,4,7,9,11-12H2. The van der Waals surface area contributed by atoms with Crippen molar-refractivity contribution in [1.29, 1.82) is 0 Å². The summed E-state index contributed by atoms with van der Waals surface area (Å²) in [7, 11) is 0. The summed E-state index contributed by atoms with van der Waals surface area (Å²) in [6.07, 6.45) is 9.23. The smallest absolute Gasteiger partial charge is 0.276 e. The zero-order valence-corrected chi connectivity index (χ0v) is 13.9. The van der Waals surface area contributed by atoms with Crippen LogP contribution in [0, 0.1) is 0 Å². The fourth-order valence-corrected chi connectivity index (χ4v) is 3.32. The van der Waals surface area contributed by atoms with Crippen molar-refractivity contribution >= 4 is 5.91 Å². The highest BCUT2D eigenvalue weighted by atomic mass is 16.2. The molecule has 128 valence electrons. The van der Waals surface area contributed by atoms with E-state index < -0.39 is 0 Å². The summed E-state index contributed by atoms with van der Waals surface area (Å²) in [4.78, 5) is 18.8. The Bertz CT molecular complexity index is 826. The first-order chi connectivity index (χ1) is 12.3. The van der Waals surface area contributed by atoms with Crippen molar-refractivity contribution in [2.75, 3.05) is 6.54 Å². The maximum Gasteiger partial charge on any atom is 0.276 e. The number of aromatic nitrogens is 5. The van der Waals surface area contributed by atoms with E-state index >= 15 is 0 Å². The minimum Gasteiger partial charge on any atom is -0.335 e. The van der Waals surface area contributed by atoms with E-state index in [0.717, 1.165) is 31.5 Å². The average molecular weight is 336 g/mol. The quantitative estimate of drug-likeness (QED) is 0.713. The van der Waals surface area contributed by atoms with Crippen molar-refractivity contribution in [3.8, 4) is 0 Å². The number of imidazole rings is 1. The fraction of sp³-hybridized carbons (Fsp3) is 0.333. The summed E-state index contributed by atoms with van der Waals surface area (Å²) >= 11 is 0. The highest BCUT2D eigenvalue weighted by Crippen LogP contribution is 2.21. The number of likely N-dealkylation sites (tertiary alicyclic amines) is 1. The molecule has 0 aliphatic carbocycles. The second-order valence-corrected chi connectivity index (χ2v) is 6.34. The van der Waals surface area contributed by atoms with Gasteiger partial charge in [0.05, 0.1) is 25.1 Å². The van der Waals surface area contributed by atoms with E-state index in [1.807, 2.05) is 46.0 Å². The minimum atomic E-state index is -0.0399. The number of carbonyl (C=O) groups excluding carboxylic acids is 1. The molecule has 4 rings (SSSR count). The molecule has 1 aliphatic rings. The predicted octanol–water partition coefficient (Wildman–Crippen LogP) is 1.83. The molecule has 2 aromatic heterocycles. The van der Waals surface area contributed by atoms with Gasteiger partial charge >= 0.3 is 0 Å². The zero-order valence-electron chi connectivity index (χ0n) is 13.9. The monoisotopic (exact) mass is 336 g/mol. The van der Waals surface area contributed by atoms with Gasteiger partial charge in [-0.3, -0.25) is 4.79 Å². The lowest BCUT2D eigenvalue weighted by Crippen LogP contribution is -2.38. The number of rotatable bonds is 5. The van der Waals surface area contributed by atoms with E-state index in [0.29, 0.717) is 12.2 Å². The maximum atomic E-state index is 12.8. The molecule has 3 heterocycles. The molecule has 7 nitrogen and oxygen atoms in total. The third-order valence-corrected chi connectivity index (χ3v) is 4.56. The average Bonchev–Trinajstić information content (AvgIpc) is 3.38. The van der Waals surface area contributed by atoms with Gasteiger partial charge in [0.2, 0.25) is 0 Å². The zero-order chi connectivity index (χ0) is 17.1. The molecule has 1 atom stereocenters. The third-order valence-electron chi connectivity index (χ3n) is 4.56. The molecular formula is C18H20N6O. The Balaban J connectivity index is 1.45. The molecule has 1 fully saturated rings. The van der Waals surface area contributed by atoms with Crippen molar-refractivity contribution < 1.29 is 4.79 Å². The maximum absolute atomic E-state index is 12.8. The van der Waals surface area contributed by atoms with Crippen LogP contribution in [0.2, 0.25) is 0 Å². The van der Waals surface area contributed by atoms with Crippen LogP contribution in [0.3, 0.4) is 0 Å². The van der Waals surface area contributed by atoms with Crippen LogP contribution >= 0.6 is 0 Å². The number of hydrogen-bond donors (Lipinski definition) is 0. The second-order valence-electron chi connectivity index (χ2n) is 6.34. The van der Waals surface area contributed by atoms with Crippen LogP contribution in [0.4, 0.5) is 0 Å². The van der Waals surface area contributed by atoms with Gasteiger partial charge in [-0.1, -0.05) is 35.5 Å². The third kappa shape index (κ3) is 3.45. The van der Waals surface area contributed by atoms with Gasteiger partial charge in [-0.25, -0.2) is 9.67 Å². The Morgan fingerprint density at radius 3 is 2.92 bits per heavy atom. The summed E-state index contributed by atoms with van der Waals surface area (Å²) in [6.45, 7) is 2.15. The van der Waals surface area contributed by atoms with Crippen LogP contribution in [-0.2, 0) is 13.1 Å². The molecule has 0 saturated carbocycles. The lowest BCUT2D eigenvalue weighted by molar-refractivity contribution is 0.0718. The molecule has 3 aromatic rings. The Morgan fingerprint density at radius 2 is 2.12 bits per heavy atom. The largest absolute Gasteiger partial charge is 0.335 e. The number of nitrogens with zero attached hydrogens (tertiary/aromatic N) is 6. The molecule has 1 saturated heterocycles. The number of hydrogen-bond acceptors (Lipinski definition) is 4. The second kappa shape index (κ2) is 6.88. The van der Waals surface area contributed by atoms with Gasteiger partial charge in [-0.05, 0) is 18.4 Å². The van der Waals surface area contributed by atoms with Crippen LogP contribution in [0.15, 0.2) is 55.2 Å². The van der Waals surface area contributed by atoms with Crippen molar-refractivity contribution in [2.24, 2.45) is 0 Å².